The normalized spacial score (nSPS) is 18.5. The molecule has 1 aliphatic rings. The summed E-state index contributed by atoms with van der Waals surface area (Å²) in [5.74, 6) is 0.913. The van der Waals surface area contributed by atoms with Crippen molar-refractivity contribution in [1.29, 1.82) is 0 Å². The maximum Gasteiger partial charge on any atom is 0.149 e. The Labute approximate surface area is 193 Å². The lowest BCUT2D eigenvalue weighted by Crippen LogP contribution is -2.43. The molecule has 3 rings (SSSR count). The van der Waals surface area contributed by atoms with Crippen LogP contribution in [0.25, 0.3) is 0 Å². The molecule has 0 spiro atoms. The van der Waals surface area contributed by atoms with Gasteiger partial charge in [-0.3, -0.25) is 4.90 Å². The van der Waals surface area contributed by atoms with Gasteiger partial charge in [0, 0.05) is 29.6 Å². The van der Waals surface area contributed by atoms with Gasteiger partial charge in [0.25, 0.3) is 0 Å². The van der Waals surface area contributed by atoms with Gasteiger partial charge in [-0.15, -0.1) is 0 Å². The van der Waals surface area contributed by atoms with Gasteiger partial charge >= 0.3 is 0 Å². The van der Waals surface area contributed by atoms with Gasteiger partial charge in [-0.2, -0.15) is 0 Å². The quantitative estimate of drug-likeness (QED) is 0.573. The predicted octanol–water partition coefficient (Wildman–Crippen LogP) is 1.64. The number of phenolic OH excluding ortho intramolecular Hbond substituents is 2. The molecule has 0 amide bonds. The summed E-state index contributed by atoms with van der Waals surface area (Å²) in [6.07, 6.45) is 3.05. The summed E-state index contributed by atoms with van der Waals surface area (Å²) >= 11 is 6.40. The third-order valence-electron chi connectivity index (χ3n) is 7.56. The fourth-order valence-electron chi connectivity index (χ4n) is 5.25. The standard InChI is InChI=1S/C24H35B2ClN2O2/c1-13-19(20(25)23(31)21(26)22(13)30)18-11-14(17-12-15(27)5-6-16(17)18)7-8-24(2,3)29(4)10-9-28/h5-6,12,14,18,30-31H,7-11,25-26,28H2,1-4H3/t14-,18-/m1/s1. The molecule has 0 fully saturated rings. The highest BCUT2D eigenvalue weighted by molar-refractivity contribution is 6.43. The highest BCUT2D eigenvalue weighted by Gasteiger charge is 2.36. The van der Waals surface area contributed by atoms with E-state index in [1.54, 1.807) is 7.85 Å². The molecule has 2 aromatic rings. The Morgan fingerprint density at radius 3 is 2.48 bits per heavy atom. The Balaban J connectivity index is 1.97. The summed E-state index contributed by atoms with van der Waals surface area (Å²) in [6.45, 7) is 8.04. The van der Waals surface area contributed by atoms with Crippen molar-refractivity contribution >= 4 is 38.2 Å². The fourth-order valence-corrected chi connectivity index (χ4v) is 5.43. The van der Waals surface area contributed by atoms with E-state index in [4.69, 9.17) is 17.3 Å². The van der Waals surface area contributed by atoms with Gasteiger partial charge in [0.05, 0.1) is 0 Å². The van der Waals surface area contributed by atoms with Crippen LogP contribution in [0.1, 0.15) is 67.2 Å². The molecular weight excluding hydrogens is 405 g/mol. The molecule has 2 aromatic carbocycles. The van der Waals surface area contributed by atoms with Gasteiger partial charge in [-0.1, -0.05) is 17.7 Å². The topological polar surface area (TPSA) is 69.7 Å². The smallest absolute Gasteiger partial charge is 0.149 e. The van der Waals surface area contributed by atoms with Gasteiger partial charge in [0.2, 0.25) is 0 Å². The van der Waals surface area contributed by atoms with E-state index in [2.05, 4.69) is 37.9 Å². The lowest BCUT2D eigenvalue weighted by atomic mass is 9.74. The first kappa shape index (κ1) is 24.0. The van der Waals surface area contributed by atoms with Crippen molar-refractivity contribution in [2.45, 2.75) is 57.4 Å². The number of hydrogen-bond donors (Lipinski definition) is 3. The van der Waals surface area contributed by atoms with Crippen LogP contribution in [0.4, 0.5) is 0 Å². The van der Waals surface area contributed by atoms with E-state index < -0.39 is 0 Å². The molecule has 31 heavy (non-hydrogen) atoms. The number of benzene rings is 2. The van der Waals surface area contributed by atoms with Gasteiger partial charge in [0.1, 0.15) is 27.2 Å². The molecule has 0 aromatic heterocycles. The first-order chi connectivity index (χ1) is 14.5. The number of hydrogen-bond acceptors (Lipinski definition) is 4. The van der Waals surface area contributed by atoms with Gasteiger partial charge in [-0.25, -0.2) is 0 Å². The van der Waals surface area contributed by atoms with Crippen LogP contribution in [0.2, 0.25) is 5.02 Å². The van der Waals surface area contributed by atoms with Crippen LogP contribution in [-0.2, 0) is 0 Å². The maximum absolute atomic E-state index is 10.6. The first-order valence-electron chi connectivity index (χ1n) is 11.2. The van der Waals surface area contributed by atoms with Gasteiger partial charge in [0.15, 0.2) is 0 Å². The molecule has 0 heterocycles. The van der Waals surface area contributed by atoms with Crippen LogP contribution in [0.5, 0.6) is 11.5 Å². The zero-order valence-electron chi connectivity index (χ0n) is 19.7. The molecule has 0 bridgehead atoms. The van der Waals surface area contributed by atoms with E-state index >= 15 is 0 Å². The van der Waals surface area contributed by atoms with E-state index in [9.17, 15) is 10.2 Å². The summed E-state index contributed by atoms with van der Waals surface area (Å²) in [5.41, 5.74) is 11.7. The number of rotatable bonds is 7. The minimum atomic E-state index is 0.0580. The second kappa shape index (κ2) is 9.09. The number of likely N-dealkylation sites (N-methyl/N-ethyl adjacent to an activating group) is 1. The van der Waals surface area contributed by atoms with Crippen molar-refractivity contribution < 1.29 is 10.2 Å². The van der Waals surface area contributed by atoms with E-state index in [0.29, 0.717) is 17.9 Å². The molecule has 0 radical (unpaired) electrons. The molecular formula is C24H35B2ClN2O2. The number of halogens is 1. The number of fused-ring (bicyclic) bond motifs is 1. The monoisotopic (exact) mass is 440 g/mol. The first-order valence-corrected chi connectivity index (χ1v) is 11.6. The molecule has 4 nitrogen and oxygen atoms in total. The number of aromatic hydroxyl groups is 2. The number of nitrogens with zero attached hydrogens (tertiary/aromatic N) is 1. The summed E-state index contributed by atoms with van der Waals surface area (Å²) in [6, 6.07) is 6.19. The SMILES string of the molecule is Bc1c(O)c(B)c([C@@H]2C[C@@H](CCC(C)(C)N(C)CCN)c3cc(Cl)ccc32)c(C)c1O. The third kappa shape index (κ3) is 4.48. The Morgan fingerprint density at radius 2 is 1.84 bits per heavy atom. The number of nitrogens with two attached hydrogens (primary N) is 1. The van der Waals surface area contributed by atoms with E-state index in [-0.39, 0.29) is 23.0 Å². The molecule has 4 N–H and O–H groups in total. The van der Waals surface area contributed by atoms with Crippen molar-refractivity contribution in [3.8, 4) is 11.5 Å². The highest BCUT2D eigenvalue weighted by Crippen LogP contribution is 2.49. The Hall–Kier alpha value is -1.62. The lowest BCUT2D eigenvalue weighted by molar-refractivity contribution is 0.144. The minimum Gasteiger partial charge on any atom is -0.509 e. The summed E-state index contributed by atoms with van der Waals surface area (Å²) < 4.78 is 0. The Morgan fingerprint density at radius 1 is 1.16 bits per heavy atom. The van der Waals surface area contributed by atoms with Crippen molar-refractivity contribution in [3.63, 3.8) is 0 Å². The molecule has 7 heteroatoms. The second-order valence-electron chi connectivity index (χ2n) is 9.81. The minimum absolute atomic E-state index is 0.0580. The van der Waals surface area contributed by atoms with E-state index in [1.807, 2.05) is 20.8 Å². The van der Waals surface area contributed by atoms with Crippen molar-refractivity contribution in [1.82, 2.24) is 4.90 Å². The average Bonchev–Trinajstić information content (AvgIpc) is 3.07. The Kier molecular flexibility index (Phi) is 7.05. The molecule has 166 valence electrons. The Bertz CT molecular complexity index is 952. The zero-order valence-corrected chi connectivity index (χ0v) is 20.5. The molecule has 0 aliphatic heterocycles. The molecule has 0 saturated carbocycles. The average molecular weight is 441 g/mol. The van der Waals surface area contributed by atoms with Gasteiger partial charge in [-0.05, 0) is 98.3 Å². The summed E-state index contributed by atoms with van der Waals surface area (Å²) in [7, 11) is 5.86. The predicted molar refractivity (Wildman–Crippen MR) is 137 cm³/mol. The fraction of sp³-hybridized carbons (Fsp3) is 0.500. The van der Waals surface area contributed by atoms with Crippen LogP contribution in [-0.4, -0.2) is 56.5 Å². The van der Waals surface area contributed by atoms with Gasteiger partial charge < -0.3 is 15.9 Å². The summed E-state index contributed by atoms with van der Waals surface area (Å²) in [5, 5.41) is 22.0. The lowest BCUT2D eigenvalue weighted by Gasteiger charge is -2.36. The maximum atomic E-state index is 10.6. The van der Waals surface area contributed by atoms with Crippen LogP contribution in [0.3, 0.4) is 0 Å². The van der Waals surface area contributed by atoms with Crippen LogP contribution < -0.4 is 16.7 Å². The zero-order chi connectivity index (χ0) is 23.1. The molecule has 1 aliphatic carbocycles. The number of phenols is 2. The van der Waals surface area contributed by atoms with E-state index in [1.165, 1.54) is 11.1 Å². The summed E-state index contributed by atoms with van der Waals surface area (Å²) in [4.78, 5) is 2.34. The molecule has 0 saturated heterocycles. The molecule has 2 atom stereocenters. The molecule has 0 unspecified atom stereocenters. The van der Waals surface area contributed by atoms with Crippen LogP contribution in [0.15, 0.2) is 18.2 Å². The van der Waals surface area contributed by atoms with Crippen LogP contribution in [0, 0.1) is 6.92 Å². The highest BCUT2D eigenvalue weighted by atomic mass is 35.5. The van der Waals surface area contributed by atoms with E-state index in [0.717, 1.165) is 47.4 Å². The van der Waals surface area contributed by atoms with Crippen LogP contribution >= 0.6 is 11.6 Å². The largest absolute Gasteiger partial charge is 0.509 e. The third-order valence-corrected chi connectivity index (χ3v) is 7.80. The van der Waals surface area contributed by atoms with Crippen molar-refractivity contribution in [2.24, 2.45) is 5.73 Å². The second-order valence-corrected chi connectivity index (χ2v) is 10.2. The van der Waals surface area contributed by atoms with Crippen molar-refractivity contribution in [3.05, 3.63) is 45.5 Å². The van der Waals surface area contributed by atoms with Crippen molar-refractivity contribution in [2.75, 3.05) is 20.1 Å².